The molecule has 0 bridgehead atoms. The van der Waals surface area contributed by atoms with Crippen molar-refractivity contribution in [3.8, 4) is 0 Å². The van der Waals surface area contributed by atoms with E-state index in [1.54, 1.807) is 23.3 Å². The number of hydrogen-bond donors (Lipinski definition) is 1. The van der Waals surface area contributed by atoms with E-state index in [9.17, 15) is 4.79 Å². The van der Waals surface area contributed by atoms with E-state index >= 15 is 0 Å². The van der Waals surface area contributed by atoms with Crippen molar-refractivity contribution >= 4 is 17.2 Å². The second kappa shape index (κ2) is 7.03. The summed E-state index contributed by atoms with van der Waals surface area (Å²) in [6.45, 7) is 1.38. The summed E-state index contributed by atoms with van der Waals surface area (Å²) in [4.78, 5) is 16.3. The molecule has 1 aliphatic rings. The highest BCUT2D eigenvalue weighted by atomic mass is 32.1. The first kappa shape index (κ1) is 14.5. The Morgan fingerprint density at radius 2 is 2.21 bits per heavy atom. The van der Waals surface area contributed by atoms with Gasteiger partial charge in [-0.15, -0.1) is 11.3 Å². The second-order valence-electron chi connectivity index (χ2n) is 4.77. The van der Waals surface area contributed by atoms with Crippen molar-refractivity contribution in [2.75, 3.05) is 33.4 Å². The number of aryl methyl sites for hydroxylation is 2. The summed E-state index contributed by atoms with van der Waals surface area (Å²) in [7, 11) is 1.62. The molecule has 0 spiro atoms. The van der Waals surface area contributed by atoms with Gasteiger partial charge in [-0.2, -0.15) is 0 Å². The van der Waals surface area contributed by atoms with Crippen LogP contribution in [-0.2, 0) is 17.6 Å². The standard InChI is InChI=1S/C14H21NO3S/c1-18-9-7-15(6-8-16)14(17)13-10-11-4-2-3-5-12(11)19-13/h10,16H,2-9H2,1H3. The first-order valence-corrected chi connectivity index (χ1v) is 7.58. The lowest BCUT2D eigenvalue weighted by Gasteiger charge is -2.20. The Labute approximate surface area is 118 Å². The summed E-state index contributed by atoms with van der Waals surface area (Å²) in [5.74, 6) is 0.0190. The largest absolute Gasteiger partial charge is 0.395 e. The molecule has 0 saturated carbocycles. The fourth-order valence-corrected chi connectivity index (χ4v) is 3.61. The summed E-state index contributed by atoms with van der Waals surface area (Å²) < 4.78 is 5.01. The normalized spacial score (nSPS) is 14.2. The molecule has 106 valence electrons. The third kappa shape index (κ3) is 3.55. The number of aliphatic hydroxyl groups excluding tert-OH is 1. The van der Waals surface area contributed by atoms with Crippen LogP contribution in [0.1, 0.15) is 33.0 Å². The predicted molar refractivity (Wildman–Crippen MR) is 75.8 cm³/mol. The molecule has 0 saturated heterocycles. The summed E-state index contributed by atoms with van der Waals surface area (Å²) in [6.07, 6.45) is 4.65. The fourth-order valence-electron chi connectivity index (χ4n) is 2.39. The highest BCUT2D eigenvalue weighted by Crippen LogP contribution is 2.30. The number of ether oxygens (including phenoxy) is 1. The zero-order chi connectivity index (χ0) is 13.7. The number of carbonyl (C=O) groups excluding carboxylic acids is 1. The highest BCUT2D eigenvalue weighted by Gasteiger charge is 2.21. The van der Waals surface area contributed by atoms with E-state index in [0.29, 0.717) is 19.7 Å². The van der Waals surface area contributed by atoms with Crippen LogP contribution in [0.25, 0.3) is 0 Å². The SMILES string of the molecule is COCCN(CCO)C(=O)c1cc2c(s1)CCCC2. The topological polar surface area (TPSA) is 49.8 Å². The minimum atomic E-state index is -0.0133. The average molecular weight is 283 g/mol. The van der Waals surface area contributed by atoms with Crippen molar-refractivity contribution in [3.63, 3.8) is 0 Å². The maximum absolute atomic E-state index is 12.4. The molecule has 1 heterocycles. The van der Waals surface area contributed by atoms with Crippen LogP contribution in [0, 0.1) is 0 Å². The van der Waals surface area contributed by atoms with Crippen LogP contribution in [0.4, 0.5) is 0 Å². The van der Waals surface area contributed by atoms with E-state index in [-0.39, 0.29) is 12.5 Å². The summed E-state index contributed by atoms with van der Waals surface area (Å²) in [5.41, 5.74) is 1.34. The van der Waals surface area contributed by atoms with Gasteiger partial charge in [0.15, 0.2) is 0 Å². The smallest absolute Gasteiger partial charge is 0.264 e. The van der Waals surface area contributed by atoms with Crippen molar-refractivity contribution in [1.29, 1.82) is 0 Å². The lowest BCUT2D eigenvalue weighted by Crippen LogP contribution is -2.35. The van der Waals surface area contributed by atoms with Gasteiger partial charge in [-0.05, 0) is 37.3 Å². The van der Waals surface area contributed by atoms with E-state index in [1.165, 1.54) is 23.3 Å². The average Bonchev–Trinajstić information content (AvgIpc) is 2.86. The van der Waals surface area contributed by atoms with E-state index < -0.39 is 0 Å². The molecule has 1 amide bonds. The number of rotatable bonds is 6. The first-order chi connectivity index (χ1) is 9.26. The van der Waals surface area contributed by atoms with Gasteiger partial charge in [-0.3, -0.25) is 4.79 Å². The number of thiophene rings is 1. The van der Waals surface area contributed by atoms with E-state index in [2.05, 4.69) is 0 Å². The third-order valence-electron chi connectivity index (χ3n) is 3.43. The zero-order valence-corrected chi connectivity index (χ0v) is 12.2. The minimum Gasteiger partial charge on any atom is -0.395 e. The molecule has 0 radical (unpaired) electrons. The van der Waals surface area contributed by atoms with Gasteiger partial charge in [0.25, 0.3) is 5.91 Å². The quantitative estimate of drug-likeness (QED) is 0.864. The molecule has 2 rings (SSSR count). The van der Waals surface area contributed by atoms with Crippen molar-refractivity contribution < 1.29 is 14.6 Å². The van der Waals surface area contributed by atoms with Crippen molar-refractivity contribution in [3.05, 3.63) is 21.4 Å². The highest BCUT2D eigenvalue weighted by molar-refractivity contribution is 7.14. The molecule has 0 atom stereocenters. The number of nitrogens with zero attached hydrogens (tertiary/aromatic N) is 1. The number of methoxy groups -OCH3 is 1. The molecule has 0 fully saturated rings. The number of amides is 1. The van der Waals surface area contributed by atoms with Gasteiger partial charge in [0.2, 0.25) is 0 Å². The van der Waals surface area contributed by atoms with Gasteiger partial charge in [0.1, 0.15) is 0 Å². The van der Waals surface area contributed by atoms with Crippen LogP contribution in [0.5, 0.6) is 0 Å². The maximum atomic E-state index is 12.4. The molecule has 1 N–H and O–H groups in total. The molecule has 19 heavy (non-hydrogen) atoms. The number of aliphatic hydroxyl groups is 1. The Bertz CT molecular complexity index is 407. The van der Waals surface area contributed by atoms with Crippen molar-refractivity contribution in [2.45, 2.75) is 25.7 Å². The Balaban J connectivity index is 2.09. The zero-order valence-electron chi connectivity index (χ0n) is 11.4. The van der Waals surface area contributed by atoms with E-state index in [1.807, 2.05) is 6.07 Å². The Morgan fingerprint density at radius 3 is 2.89 bits per heavy atom. The molecule has 1 aromatic rings. The number of hydrogen-bond acceptors (Lipinski definition) is 4. The van der Waals surface area contributed by atoms with Gasteiger partial charge < -0.3 is 14.7 Å². The molecule has 1 aliphatic carbocycles. The van der Waals surface area contributed by atoms with Crippen LogP contribution >= 0.6 is 11.3 Å². The van der Waals surface area contributed by atoms with Crippen LogP contribution < -0.4 is 0 Å². The molecule has 1 aromatic heterocycles. The van der Waals surface area contributed by atoms with Gasteiger partial charge in [-0.1, -0.05) is 0 Å². The first-order valence-electron chi connectivity index (χ1n) is 6.77. The molecular formula is C14H21NO3S. The fraction of sp³-hybridized carbons (Fsp3) is 0.643. The van der Waals surface area contributed by atoms with Crippen LogP contribution in [-0.4, -0.2) is 49.3 Å². The monoisotopic (exact) mass is 283 g/mol. The molecule has 0 unspecified atom stereocenters. The third-order valence-corrected chi connectivity index (χ3v) is 4.65. The van der Waals surface area contributed by atoms with Gasteiger partial charge in [-0.25, -0.2) is 0 Å². The van der Waals surface area contributed by atoms with Crippen LogP contribution in [0.15, 0.2) is 6.07 Å². The Morgan fingerprint density at radius 1 is 1.42 bits per heavy atom. The maximum Gasteiger partial charge on any atom is 0.264 e. The van der Waals surface area contributed by atoms with Crippen molar-refractivity contribution in [1.82, 2.24) is 4.90 Å². The van der Waals surface area contributed by atoms with Gasteiger partial charge >= 0.3 is 0 Å². The molecule has 0 aliphatic heterocycles. The van der Waals surface area contributed by atoms with Crippen molar-refractivity contribution in [2.24, 2.45) is 0 Å². The summed E-state index contributed by atoms with van der Waals surface area (Å²) >= 11 is 1.62. The van der Waals surface area contributed by atoms with Gasteiger partial charge in [0.05, 0.1) is 18.1 Å². The molecule has 5 heteroatoms. The molecule has 0 aromatic carbocycles. The second-order valence-corrected chi connectivity index (χ2v) is 5.91. The summed E-state index contributed by atoms with van der Waals surface area (Å²) in [6, 6.07) is 2.04. The lowest BCUT2D eigenvalue weighted by molar-refractivity contribution is 0.0661. The Kier molecular flexibility index (Phi) is 5.36. The van der Waals surface area contributed by atoms with Crippen LogP contribution in [0.3, 0.4) is 0 Å². The Hall–Kier alpha value is -0.910. The number of carbonyl (C=O) groups is 1. The van der Waals surface area contributed by atoms with E-state index in [4.69, 9.17) is 9.84 Å². The van der Waals surface area contributed by atoms with E-state index in [0.717, 1.165) is 17.7 Å². The summed E-state index contributed by atoms with van der Waals surface area (Å²) in [5, 5.41) is 9.06. The van der Waals surface area contributed by atoms with Crippen LogP contribution in [0.2, 0.25) is 0 Å². The molecular weight excluding hydrogens is 262 g/mol. The lowest BCUT2D eigenvalue weighted by atomic mass is 9.99. The number of fused-ring (bicyclic) bond motifs is 1. The predicted octanol–water partition coefficient (Wildman–Crippen LogP) is 1.71. The van der Waals surface area contributed by atoms with Gasteiger partial charge in [0, 0.05) is 25.1 Å². The molecule has 4 nitrogen and oxygen atoms in total. The minimum absolute atomic E-state index is 0.0133.